The molecule has 0 aliphatic heterocycles. The molecule has 3 heteroatoms. The maximum atomic E-state index is 5.43. The second kappa shape index (κ2) is 9.36. The molecular formula is C10H16ClNO. The lowest BCUT2D eigenvalue weighted by molar-refractivity contribution is 0.343. The molecule has 13 heavy (non-hydrogen) atoms. The second-order valence-corrected chi connectivity index (χ2v) is 2.73. The first-order valence-electron chi connectivity index (χ1n) is 4.17. The van der Waals surface area contributed by atoms with Crippen LogP contribution in [0.25, 0.3) is 0 Å². The molecular weight excluding hydrogens is 186 g/mol. The first-order chi connectivity index (χ1) is 6.35. The van der Waals surface area contributed by atoms with Crippen molar-refractivity contribution in [3.8, 4) is 5.75 Å². The predicted octanol–water partition coefficient (Wildman–Crippen LogP) is 2.14. The van der Waals surface area contributed by atoms with Crippen LogP contribution in [0.15, 0.2) is 30.3 Å². The highest BCUT2D eigenvalue weighted by Crippen LogP contribution is 2.07. The van der Waals surface area contributed by atoms with Crippen LogP contribution in [0.3, 0.4) is 0 Å². The largest absolute Gasteiger partial charge is 0.492 e. The van der Waals surface area contributed by atoms with Crippen LogP contribution in [-0.4, -0.2) is 26.6 Å². The number of halogens is 1. The van der Waals surface area contributed by atoms with Gasteiger partial charge in [-0.1, -0.05) is 18.2 Å². The Morgan fingerprint density at radius 2 is 1.77 bits per heavy atom. The van der Waals surface area contributed by atoms with Gasteiger partial charge in [-0.2, -0.15) is 0 Å². The van der Waals surface area contributed by atoms with Gasteiger partial charge in [0.2, 0.25) is 0 Å². The highest BCUT2D eigenvalue weighted by molar-refractivity contribution is 6.17. The number of hydrogen-bond donors (Lipinski definition) is 1. The molecule has 0 aromatic heterocycles. The van der Waals surface area contributed by atoms with Crippen molar-refractivity contribution < 1.29 is 4.74 Å². The van der Waals surface area contributed by atoms with Crippen molar-refractivity contribution in [2.24, 2.45) is 0 Å². The van der Waals surface area contributed by atoms with Crippen molar-refractivity contribution in [3.05, 3.63) is 30.3 Å². The van der Waals surface area contributed by atoms with E-state index in [1.807, 2.05) is 44.4 Å². The Kier molecular flexibility index (Phi) is 8.83. The molecule has 0 unspecified atom stereocenters. The summed E-state index contributed by atoms with van der Waals surface area (Å²) < 4.78 is 5.22. The molecule has 2 nitrogen and oxygen atoms in total. The van der Waals surface area contributed by atoms with Crippen LogP contribution in [0, 0.1) is 0 Å². The molecule has 0 saturated heterocycles. The molecule has 0 spiro atoms. The molecule has 0 saturated carbocycles. The lowest BCUT2D eigenvalue weighted by atomic mass is 10.3. The maximum Gasteiger partial charge on any atom is 0.119 e. The average molecular weight is 202 g/mol. The first kappa shape index (κ1) is 12.3. The number of alkyl halides is 1. The van der Waals surface area contributed by atoms with Crippen LogP contribution in [-0.2, 0) is 0 Å². The summed E-state index contributed by atoms with van der Waals surface area (Å²) in [7, 11) is 3.75. The minimum Gasteiger partial charge on any atom is -0.492 e. The first-order valence-corrected chi connectivity index (χ1v) is 4.71. The molecule has 1 aromatic carbocycles. The summed E-state index contributed by atoms with van der Waals surface area (Å²) in [5, 5.41) is 2.75. The Morgan fingerprint density at radius 3 is 2.23 bits per heavy atom. The zero-order chi connectivity index (χ0) is 9.94. The van der Waals surface area contributed by atoms with Gasteiger partial charge < -0.3 is 10.1 Å². The molecule has 0 bridgehead atoms. The van der Waals surface area contributed by atoms with Crippen molar-refractivity contribution in [1.29, 1.82) is 0 Å². The summed E-state index contributed by atoms with van der Waals surface area (Å²) in [4.78, 5) is 0. The average Bonchev–Trinajstić information content (AvgIpc) is 2.18. The van der Waals surface area contributed by atoms with Crippen LogP contribution in [0.2, 0.25) is 0 Å². The smallest absolute Gasteiger partial charge is 0.119 e. The number of hydrogen-bond acceptors (Lipinski definition) is 2. The summed E-state index contributed by atoms with van der Waals surface area (Å²) in [5.74, 6) is 1.41. The van der Waals surface area contributed by atoms with E-state index in [1.165, 1.54) is 0 Å². The lowest BCUT2D eigenvalue weighted by Crippen LogP contribution is -1.96. The molecule has 0 atom stereocenters. The minimum atomic E-state index is 0.537. The third kappa shape index (κ3) is 7.62. The third-order valence-electron chi connectivity index (χ3n) is 1.09. The monoisotopic (exact) mass is 201 g/mol. The molecule has 1 aromatic rings. The fourth-order valence-electron chi connectivity index (χ4n) is 0.673. The van der Waals surface area contributed by atoms with Crippen LogP contribution in [0.4, 0.5) is 0 Å². The maximum absolute atomic E-state index is 5.43. The number of ether oxygens (including phenoxy) is 1. The van der Waals surface area contributed by atoms with Gasteiger partial charge in [0.05, 0.1) is 5.88 Å². The van der Waals surface area contributed by atoms with E-state index in [-0.39, 0.29) is 0 Å². The summed E-state index contributed by atoms with van der Waals surface area (Å²) in [6, 6.07) is 9.64. The second-order valence-electron chi connectivity index (χ2n) is 2.35. The highest BCUT2D eigenvalue weighted by Gasteiger charge is 1.87. The fraction of sp³-hybridized carbons (Fsp3) is 0.400. The molecule has 0 aliphatic rings. The van der Waals surface area contributed by atoms with Gasteiger partial charge >= 0.3 is 0 Å². The number of benzene rings is 1. The highest BCUT2D eigenvalue weighted by atomic mass is 35.5. The van der Waals surface area contributed by atoms with Gasteiger partial charge in [0.25, 0.3) is 0 Å². The van der Waals surface area contributed by atoms with Crippen molar-refractivity contribution in [3.63, 3.8) is 0 Å². The van der Waals surface area contributed by atoms with E-state index in [4.69, 9.17) is 16.3 Å². The Labute approximate surface area is 84.9 Å². The van der Waals surface area contributed by atoms with E-state index in [1.54, 1.807) is 0 Å². The van der Waals surface area contributed by atoms with Gasteiger partial charge in [-0.25, -0.2) is 0 Å². The number of rotatable bonds is 3. The summed E-state index contributed by atoms with van der Waals surface area (Å²) in [6.45, 7) is 0.575. The van der Waals surface area contributed by atoms with E-state index >= 15 is 0 Å². The molecule has 0 amide bonds. The van der Waals surface area contributed by atoms with E-state index in [9.17, 15) is 0 Å². The van der Waals surface area contributed by atoms with E-state index in [0.29, 0.717) is 12.5 Å². The summed E-state index contributed by atoms with van der Waals surface area (Å²) in [6.07, 6.45) is 0. The van der Waals surface area contributed by atoms with Crippen LogP contribution in [0.1, 0.15) is 0 Å². The standard InChI is InChI=1S/C8H9ClO.C2H7N/c9-6-7-10-8-4-2-1-3-5-8;1-3-2/h1-5H,6-7H2;3H,1-2H3. The summed E-state index contributed by atoms with van der Waals surface area (Å²) in [5.41, 5.74) is 0. The Morgan fingerprint density at radius 1 is 1.23 bits per heavy atom. The van der Waals surface area contributed by atoms with Crippen molar-refractivity contribution in [1.82, 2.24) is 5.32 Å². The quantitative estimate of drug-likeness (QED) is 0.757. The van der Waals surface area contributed by atoms with Gasteiger partial charge in [0, 0.05) is 0 Å². The molecule has 0 heterocycles. The van der Waals surface area contributed by atoms with Gasteiger partial charge in [-0.05, 0) is 26.2 Å². The van der Waals surface area contributed by atoms with E-state index < -0.39 is 0 Å². The molecule has 0 fully saturated rings. The SMILES string of the molecule is CNC.ClCCOc1ccccc1. The summed E-state index contributed by atoms with van der Waals surface area (Å²) >= 11 is 5.43. The Bertz CT molecular complexity index is 191. The fourth-order valence-corrected chi connectivity index (χ4v) is 0.750. The Hall–Kier alpha value is -0.730. The molecule has 0 aliphatic carbocycles. The minimum absolute atomic E-state index is 0.537. The molecule has 1 N–H and O–H groups in total. The van der Waals surface area contributed by atoms with Crippen molar-refractivity contribution in [2.75, 3.05) is 26.6 Å². The number of para-hydroxylation sites is 1. The molecule has 74 valence electrons. The van der Waals surface area contributed by atoms with Gasteiger partial charge in [0.15, 0.2) is 0 Å². The zero-order valence-corrected chi connectivity index (χ0v) is 8.84. The molecule has 0 radical (unpaired) electrons. The van der Waals surface area contributed by atoms with E-state index in [2.05, 4.69) is 5.32 Å². The zero-order valence-electron chi connectivity index (χ0n) is 8.09. The Balaban J connectivity index is 0.000000424. The lowest BCUT2D eigenvalue weighted by Gasteiger charge is -2.00. The third-order valence-corrected chi connectivity index (χ3v) is 1.24. The predicted molar refractivity (Wildman–Crippen MR) is 57.6 cm³/mol. The van der Waals surface area contributed by atoms with Crippen LogP contribution >= 0.6 is 11.6 Å². The van der Waals surface area contributed by atoms with Crippen molar-refractivity contribution >= 4 is 11.6 Å². The van der Waals surface area contributed by atoms with Crippen molar-refractivity contribution in [2.45, 2.75) is 0 Å². The molecule has 1 rings (SSSR count). The van der Waals surface area contributed by atoms with Gasteiger partial charge in [0.1, 0.15) is 12.4 Å². The van der Waals surface area contributed by atoms with Gasteiger partial charge in [-0.15, -0.1) is 11.6 Å². The van der Waals surface area contributed by atoms with E-state index in [0.717, 1.165) is 5.75 Å². The van der Waals surface area contributed by atoms with Gasteiger partial charge in [-0.3, -0.25) is 0 Å². The van der Waals surface area contributed by atoms with Crippen LogP contribution in [0.5, 0.6) is 5.75 Å². The number of nitrogens with one attached hydrogen (secondary N) is 1. The topological polar surface area (TPSA) is 21.3 Å². The normalized spacial score (nSPS) is 8.54. The van der Waals surface area contributed by atoms with Crippen LogP contribution < -0.4 is 10.1 Å².